The summed E-state index contributed by atoms with van der Waals surface area (Å²) in [5.74, 6) is 0.897. The Kier molecular flexibility index (Phi) is 5.34. The summed E-state index contributed by atoms with van der Waals surface area (Å²) in [5, 5.41) is 0.0909. The maximum atomic E-state index is 6.56. The normalized spacial score (nSPS) is 13.2. The van der Waals surface area contributed by atoms with Crippen LogP contribution in [0.15, 0.2) is 36.4 Å². The molecule has 1 aromatic heterocycles. The molecule has 0 amide bonds. The minimum atomic E-state index is 0.0909. The number of aryl methyl sites for hydroxylation is 1. The van der Waals surface area contributed by atoms with Gasteiger partial charge in [0.05, 0.1) is 12.5 Å². The summed E-state index contributed by atoms with van der Waals surface area (Å²) >= 11 is 8.40. The summed E-state index contributed by atoms with van der Waals surface area (Å²) in [6.45, 7) is 6.72. The van der Waals surface area contributed by atoms with Gasteiger partial charge in [0, 0.05) is 9.75 Å². The van der Waals surface area contributed by atoms with Gasteiger partial charge in [-0.1, -0.05) is 32.9 Å². The molecule has 0 saturated heterocycles. The van der Waals surface area contributed by atoms with Crippen molar-refractivity contribution in [3.63, 3.8) is 0 Å². The second-order valence-corrected chi connectivity index (χ2v) is 7.95. The molecule has 1 unspecified atom stereocenters. The Hall–Kier alpha value is -0.990. The maximum Gasteiger partial charge on any atom is 0.118 e. The summed E-state index contributed by atoms with van der Waals surface area (Å²) in [6, 6.07) is 12.6. The lowest BCUT2D eigenvalue weighted by Gasteiger charge is -2.15. The fraction of sp³-hybridized carbons (Fsp3) is 0.444. The third kappa shape index (κ3) is 4.49. The third-order valence-corrected chi connectivity index (χ3v) is 5.73. The Labute approximate surface area is 136 Å². The molecule has 1 atom stereocenters. The second kappa shape index (κ2) is 6.85. The van der Waals surface area contributed by atoms with Crippen LogP contribution < -0.4 is 4.74 Å². The predicted molar refractivity (Wildman–Crippen MR) is 92.9 cm³/mol. The molecule has 0 radical (unpaired) electrons. The molecule has 2 rings (SSSR count). The van der Waals surface area contributed by atoms with E-state index in [0.29, 0.717) is 0 Å². The van der Waals surface area contributed by atoms with Gasteiger partial charge in [0.2, 0.25) is 0 Å². The lowest BCUT2D eigenvalue weighted by molar-refractivity contribution is 0.414. The van der Waals surface area contributed by atoms with E-state index in [1.165, 1.54) is 15.3 Å². The van der Waals surface area contributed by atoms with E-state index in [0.717, 1.165) is 18.6 Å². The predicted octanol–water partition coefficient (Wildman–Crippen LogP) is 5.97. The average molecular weight is 323 g/mol. The molecule has 2 aromatic rings. The number of rotatable bonds is 5. The van der Waals surface area contributed by atoms with Crippen molar-refractivity contribution in [3.8, 4) is 5.75 Å². The van der Waals surface area contributed by atoms with E-state index in [1.807, 2.05) is 23.5 Å². The van der Waals surface area contributed by atoms with Gasteiger partial charge < -0.3 is 4.74 Å². The van der Waals surface area contributed by atoms with Crippen LogP contribution in [0.4, 0.5) is 0 Å². The van der Waals surface area contributed by atoms with Crippen molar-refractivity contribution >= 4 is 22.9 Å². The van der Waals surface area contributed by atoms with Crippen LogP contribution in [0.25, 0.3) is 0 Å². The van der Waals surface area contributed by atoms with E-state index < -0.39 is 0 Å². The van der Waals surface area contributed by atoms with Gasteiger partial charge in [0.1, 0.15) is 5.75 Å². The number of halogens is 1. The molecule has 1 heterocycles. The number of benzene rings is 1. The first-order chi connectivity index (χ1) is 9.90. The minimum Gasteiger partial charge on any atom is -0.497 e. The first-order valence-corrected chi connectivity index (χ1v) is 8.52. The molecule has 0 saturated carbocycles. The maximum absolute atomic E-state index is 6.56. The standard InChI is InChI=1S/C18H23ClOS/c1-18(2,3)17-12-11-16(21-17)15(19)10-7-13-5-8-14(20-4)9-6-13/h5-6,8-9,11-12,15H,7,10H2,1-4H3. The summed E-state index contributed by atoms with van der Waals surface area (Å²) in [7, 11) is 1.69. The Balaban J connectivity index is 1.94. The van der Waals surface area contributed by atoms with Crippen molar-refractivity contribution in [3.05, 3.63) is 51.7 Å². The van der Waals surface area contributed by atoms with Crippen molar-refractivity contribution in [1.29, 1.82) is 0 Å². The topological polar surface area (TPSA) is 9.23 Å². The summed E-state index contributed by atoms with van der Waals surface area (Å²) in [6.07, 6.45) is 1.94. The highest BCUT2D eigenvalue weighted by molar-refractivity contribution is 7.12. The highest BCUT2D eigenvalue weighted by Crippen LogP contribution is 2.36. The van der Waals surface area contributed by atoms with Crippen molar-refractivity contribution in [1.82, 2.24) is 0 Å². The SMILES string of the molecule is COc1ccc(CCC(Cl)c2ccc(C(C)(C)C)s2)cc1. The van der Waals surface area contributed by atoms with Gasteiger partial charge in [0.25, 0.3) is 0 Å². The van der Waals surface area contributed by atoms with Gasteiger partial charge in [-0.05, 0) is 48.1 Å². The highest BCUT2D eigenvalue weighted by Gasteiger charge is 2.18. The Morgan fingerprint density at radius 1 is 1.10 bits per heavy atom. The monoisotopic (exact) mass is 322 g/mol. The van der Waals surface area contributed by atoms with E-state index in [2.05, 4.69) is 45.0 Å². The van der Waals surface area contributed by atoms with Crippen molar-refractivity contribution in [2.24, 2.45) is 0 Å². The van der Waals surface area contributed by atoms with Crippen LogP contribution >= 0.6 is 22.9 Å². The van der Waals surface area contributed by atoms with Crippen LogP contribution in [-0.2, 0) is 11.8 Å². The largest absolute Gasteiger partial charge is 0.497 e. The van der Waals surface area contributed by atoms with Gasteiger partial charge in [-0.3, -0.25) is 0 Å². The van der Waals surface area contributed by atoms with E-state index in [4.69, 9.17) is 16.3 Å². The molecule has 21 heavy (non-hydrogen) atoms. The molecule has 0 aliphatic carbocycles. The van der Waals surface area contributed by atoms with E-state index in [9.17, 15) is 0 Å². The average Bonchev–Trinajstić information content (AvgIpc) is 2.95. The molecule has 1 nitrogen and oxygen atoms in total. The van der Waals surface area contributed by atoms with Crippen LogP contribution in [0.5, 0.6) is 5.75 Å². The lowest BCUT2D eigenvalue weighted by atomic mass is 9.95. The van der Waals surface area contributed by atoms with Crippen LogP contribution in [0.2, 0.25) is 0 Å². The molecule has 0 N–H and O–H groups in total. The molecule has 0 fully saturated rings. The molecule has 1 aromatic carbocycles. The van der Waals surface area contributed by atoms with Crippen LogP contribution in [0.3, 0.4) is 0 Å². The van der Waals surface area contributed by atoms with Gasteiger partial charge in [-0.25, -0.2) is 0 Å². The quantitative estimate of drug-likeness (QED) is 0.616. The zero-order chi connectivity index (χ0) is 15.5. The van der Waals surface area contributed by atoms with Crippen molar-refractivity contribution < 1.29 is 4.74 Å². The highest BCUT2D eigenvalue weighted by atomic mass is 35.5. The number of thiophene rings is 1. The fourth-order valence-corrected chi connectivity index (χ4v) is 3.55. The van der Waals surface area contributed by atoms with Gasteiger partial charge in [-0.15, -0.1) is 22.9 Å². The van der Waals surface area contributed by atoms with Gasteiger partial charge in [0.15, 0.2) is 0 Å². The van der Waals surface area contributed by atoms with E-state index in [-0.39, 0.29) is 10.8 Å². The van der Waals surface area contributed by atoms with E-state index >= 15 is 0 Å². The van der Waals surface area contributed by atoms with Crippen LogP contribution in [0, 0.1) is 0 Å². The van der Waals surface area contributed by atoms with Gasteiger partial charge in [-0.2, -0.15) is 0 Å². The lowest BCUT2D eigenvalue weighted by Crippen LogP contribution is -2.07. The molecule has 3 heteroatoms. The van der Waals surface area contributed by atoms with Crippen LogP contribution in [0.1, 0.15) is 47.9 Å². The Morgan fingerprint density at radius 3 is 2.29 bits per heavy atom. The zero-order valence-corrected chi connectivity index (χ0v) is 14.7. The molecule has 0 aliphatic rings. The third-order valence-electron chi connectivity index (χ3n) is 3.52. The molecular weight excluding hydrogens is 300 g/mol. The molecule has 0 aliphatic heterocycles. The first-order valence-electron chi connectivity index (χ1n) is 7.27. The van der Waals surface area contributed by atoms with E-state index in [1.54, 1.807) is 7.11 Å². The Morgan fingerprint density at radius 2 is 1.76 bits per heavy atom. The first kappa shape index (κ1) is 16.4. The molecular formula is C18H23ClOS. The minimum absolute atomic E-state index is 0.0909. The van der Waals surface area contributed by atoms with Crippen molar-refractivity contribution in [2.75, 3.05) is 7.11 Å². The van der Waals surface area contributed by atoms with Crippen LogP contribution in [-0.4, -0.2) is 7.11 Å². The Bertz CT molecular complexity index is 566. The molecule has 114 valence electrons. The molecule has 0 spiro atoms. The number of hydrogen-bond acceptors (Lipinski definition) is 2. The number of ether oxygens (including phenoxy) is 1. The zero-order valence-electron chi connectivity index (χ0n) is 13.2. The van der Waals surface area contributed by atoms with Crippen molar-refractivity contribution in [2.45, 2.75) is 44.4 Å². The van der Waals surface area contributed by atoms with Gasteiger partial charge >= 0.3 is 0 Å². The number of methoxy groups -OCH3 is 1. The number of hydrogen-bond donors (Lipinski definition) is 0. The number of alkyl halides is 1. The molecule has 0 bridgehead atoms. The summed E-state index contributed by atoms with van der Waals surface area (Å²) < 4.78 is 5.17. The smallest absolute Gasteiger partial charge is 0.118 e. The second-order valence-electron chi connectivity index (χ2n) is 6.31. The summed E-state index contributed by atoms with van der Waals surface area (Å²) in [4.78, 5) is 2.67. The summed E-state index contributed by atoms with van der Waals surface area (Å²) in [5.41, 5.74) is 1.50. The fourth-order valence-electron chi connectivity index (χ4n) is 2.15.